The first-order valence-electron chi connectivity index (χ1n) is 9.98. The van der Waals surface area contributed by atoms with Crippen molar-refractivity contribution < 1.29 is 9.18 Å². The molecule has 2 aliphatic rings. The van der Waals surface area contributed by atoms with Crippen LogP contribution in [0.5, 0.6) is 0 Å². The minimum absolute atomic E-state index is 0.0645. The van der Waals surface area contributed by atoms with Crippen LogP contribution in [0.3, 0.4) is 0 Å². The monoisotopic (exact) mass is 403 g/mol. The number of H-pyrrole nitrogens is 1. The average Bonchev–Trinajstić information content (AvgIpc) is 3.34. The number of aromatic amines is 1. The predicted molar refractivity (Wildman–Crippen MR) is 106 cm³/mol. The molecule has 1 atom stereocenters. The number of carbonyl (C=O) groups excluding carboxylic acids is 1. The fourth-order valence-electron chi connectivity index (χ4n) is 4.11. The minimum atomic E-state index is -0.335. The Hall–Kier alpha value is -3.62. The lowest BCUT2D eigenvalue weighted by Gasteiger charge is -2.34. The van der Waals surface area contributed by atoms with Crippen molar-refractivity contribution in [3.63, 3.8) is 0 Å². The second-order valence-electron chi connectivity index (χ2n) is 7.77. The molecule has 1 fully saturated rings. The van der Waals surface area contributed by atoms with Gasteiger partial charge >= 0.3 is 0 Å². The van der Waals surface area contributed by atoms with Gasteiger partial charge in [0.05, 0.1) is 30.1 Å². The zero-order chi connectivity index (χ0) is 20.2. The normalized spacial score (nSPS) is 18.6. The van der Waals surface area contributed by atoms with Crippen molar-refractivity contribution in [2.45, 2.75) is 25.3 Å². The Kier molecular flexibility index (Phi) is 3.71. The number of carbonyl (C=O) groups is 1. The largest absolute Gasteiger partial charge is 0.348 e. The molecular weight excluding hydrogens is 385 g/mol. The molecule has 6 rings (SSSR count). The van der Waals surface area contributed by atoms with Crippen LogP contribution in [0.15, 0.2) is 43.1 Å². The van der Waals surface area contributed by atoms with Gasteiger partial charge in [0.15, 0.2) is 5.78 Å². The predicted octanol–water partition coefficient (Wildman–Crippen LogP) is 2.73. The Morgan fingerprint density at radius 1 is 1.20 bits per heavy atom. The summed E-state index contributed by atoms with van der Waals surface area (Å²) in [7, 11) is 0. The van der Waals surface area contributed by atoms with E-state index in [1.807, 2.05) is 0 Å². The van der Waals surface area contributed by atoms with Gasteiger partial charge in [0, 0.05) is 30.8 Å². The number of ketones is 1. The van der Waals surface area contributed by atoms with E-state index in [0.717, 1.165) is 30.7 Å². The molecule has 0 saturated heterocycles. The molecule has 1 saturated carbocycles. The fraction of sp³-hybridized carbons (Fsp3) is 0.286. The van der Waals surface area contributed by atoms with Crippen molar-refractivity contribution in [1.29, 1.82) is 0 Å². The van der Waals surface area contributed by atoms with Gasteiger partial charge in [-0.15, -0.1) is 0 Å². The molecule has 0 radical (unpaired) electrons. The van der Waals surface area contributed by atoms with E-state index >= 15 is 0 Å². The van der Waals surface area contributed by atoms with E-state index in [1.165, 1.54) is 10.6 Å². The number of nitrogens with zero attached hydrogens (tertiary/aromatic N) is 6. The topological polar surface area (TPSA) is 92.1 Å². The van der Waals surface area contributed by atoms with Crippen LogP contribution < -0.4 is 4.90 Å². The van der Waals surface area contributed by atoms with E-state index in [1.54, 1.807) is 37.1 Å². The molecule has 0 amide bonds. The number of halogens is 1. The number of hydrogen-bond donors (Lipinski definition) is 1. The average molecular weight is 403 g/mol. The lowest BCUT2D eigenvalue weighted by atomic mass is 10.00. The molecule has 5 heterocycles. The van der Waals surface area contributed by atoms with E-state index in [4.69, 9.17) is 0 Å². The Labute approximate surface area is 170 Å². The van der Waals surface area contributed by atoms with Crippen molar-refractivity contribution in [1.82, 2.24) is 29.5 Å². The number of anilines is 1. The molecule has 1 aliphatic heterocycles. The molecule has 0 aromatic carbocycles. The van der Waals surface area contributed by atoms with Crippen LogP contribution in [0.25, 0.3) is 5.52 Å². The number of rotatable bonds is 4. The number of fused-ring (bicyclic) bond motifs is 2. The summed E-state index contributed by atoms with van der Waals surface area (Å²) in [5.41, 5.74) is 3.36. The molecule has 30 heavy (non-hydrogen) atoms. The lowest BCUT2D eigenvalue weighted by Crippen LogP contribution is -2.37. The maximum absolute atomic E-state index is 14.3. The first-order chi connectivity index (χ1) is 14.7. The molecular formula is C21H18FN7O. The molecule has 0 bridgehead atoms. The Bertz CT molecular complexity index is 1260. The Balaban J connectivity index is 1.42. The number of hydrogen-bond acceptors (Lipinski definition) is 6. The number of nitrogens with one attached hydrogen (secondary N) is 1. The molecule has 1 aliphatic carbocycles. The summed E-state index contributed by atoms with van der Waals surface area (Å²) in [4.78, 5) is 30.9. The van der Waals surface area contributed by atoms with Crippen LogP contribution in [-0.4, -0.2) is 41.9 Å². The number of pyridine rings is 1. The van der Waals surface area contributed by atoms with Crippen LogP contribution >= 0.6 is 0 Å². The first kappa shape index (κ1) is 17.3. The van der Waals surface area contributed by atoms with Gasteiger partial charge in [0.2, 0.25) is 0 Å². The molecule has 150 valence electrons. The summed E-state index contributed by atoms with van der Waals surface area (Å²) in [6.45, 7) is 0.667. The Morgan fingerprint density at radius 2 is 2.10 bits per heavy atom. The number of imidazole rings is 1. The second-order valence-corrected chi connectivity index (χ2v) is 7.77. The molecule has 4 aromatic heterocycles. The molecule has 9 heteroatoms. The van der Waals surface area contributed by atoms with Crippen LogP contribution in [0.2, 0.25) is 0 Å². The third-order valence-corrected chi connectivity index (χ3v) is 5.81. The summed E-state index contributed by atoms with van der Waals surface area (Å²) in [5, 5.41) is 4.61. The highest BCUT2D eigenvalue weighted by Crippen LogP contribution is 2.36. The Morgan fingerprint density at radius 3 is 2.87 bits per heavy atom. The summed E-state index contributed by atoms with van der Waals surface area (Å²) >= 11 is 0. The van der Waals surface area contributed by atoms with Crippen molar-refractivity contribution >= 4 is 17.1 Å². The minimum Gasteiger partial charge on any atom is -0.348 e. The molecule has 1 N–H and O–H groups in total. The van der Waals surface area contributed by atoms with Crippen molar-refractivity contribution in [3.05, 3.63) is 71.7 Å². The SMILES string of the molecule is O=C(c1cnc(N2CCc3[nH]cnc3[C@@H]2c2cc3c(F)cccn3n2)cn1)C1CC1. The maximum atomic E-state index is 14.3. The van der Waals surface area contributed by atoms with Gasteiger partial charge in [-0.2, -0.15) is 5.10 Å². The molecule has 8 nitrogen and oxygen atoms in total. The third kappa shape index (κ3) is 2.69. The maximum Gasteiger partial charge on any atom is 0.185 e. The van der Waals surface area contributed by atoms with Crippen molar-refractivity contribution in [2.75, 3.05) is 11.4 Å². The van der Waals surface area contributed by atoms with Crippen LogP contribution in [0.1, 0.15) is 46.5 Å². The summed E-state index contributed by atoms with van der Waals surface area (Å²) in [6.07, 6.45) is 9.20. The van der Waals surface area contributed by atoms with Crippen molar-refractivity contribution in [2.24, 2.45) is 5.92 Å². The molecule has 4 aromatic rings. The van der Waals surface area contributed by atoms with E-state index in [0.29, 0.717) is 29.3 Å². The third-order valence-electron chi connectivity index (χ3n) is 5.81. The van der Waals surface area contributed by atoms with Gasteiger partial charge in [-0.1, -0.05) is 0 Å². The van der Waals surface area contributed by atoms with Crippen LogP contribution in [0.4, 0.5) is 10.2 Å². The molecule has 0 spiro atoms. The summed E-state index contributed by atoms with van der Waals surface area (Å²) in [6, 6.07) is 4.45. The smallest absolute Gasteiger partial charge is 0.185 e. The van der Waals surface area contributed by atoms with E-state index in [9.17, 15) is 9.18 Å². The van der Waals surface area contributed by atoms with Crippen LogP contribution in [0, 0.1) is 11.7 Å². The van der Waals surface area contributed by atoms with Gasteiger partial charge in [-0.05, 0) is 31.0 Å². The van der Waals surface area contributed by atoms with Gasteiger partial charge in [-0.25, -0.2) is 23.9 Å². The molecule has 0 unspecified atom stereocenters. The van der Waals surface area contributed by atoms with Crippen molar-refractivity contribution in [3.8, 4) is 0 Å². The van der Waals surface area contributed by atoms with E-state index in [-0.39, 0.29) is 23.6 Å². The fourth-order valence-corrected chi connectivity index (χ4v) is 4.11. The zero-order valence-corrected chi connectivity index (χ0v) is 16.0. The van der Waals surface area contributed by atoms with Gasteiger partial charge in [0.25, 0.3) is 0 Å². The number of Topliss-reactive ketones (excluding diaryl/α,β-unsaturated/α-hetero) is 1. The zero-order valence-electron chi connectivity index (χ0n) is 16.0. The highest BCUT2D eigenvalue weighted by Gasteiger charge is 2.35. The summed E-state index contributed by atoms with van der Waals surface area (Å²) in [5.74, 6) is 0.476. The summed E-state index contributed by atoms with van der Waals surface area (Å²) < 4.78 is 15.8. The lowest BCUT2D eigenvalue weighted by molar-refractivity contribution is 0.0962. The highest BCUT2D eigenvalue weighted by molar-refractivity contribution is 5.97. The van der Waals surface area contributed by atoms with E-state index in [2.05, 4.69) is 29.9 Å². The first-order valence-corrected chi connectivity index (χ1v) is 9.98. The van der Waals surface area contributed by atoms with Gasteiger partial charge in [-0.3, -0.25) is 4.79 Å². The standard InChI is InChI=1S/C21H18FN7O/c22-13-2-1-6-29-17(13)8-15(27-29)20-19-14(25-11-26-19)5-7-28(20)18-10-23-16(9-24-18)21(30)12-3-4-12/h1-2,6,8-12,20H,3-5,7H2,(H,25,26)/t20-/m0/s1. The van der Waals surface area contributed by atoms with Gasteiger partial charge in [0.1, 0.15) is 28.9 Å². The highest BCUT2D eigenvalue weighted by atomic mass is 19.1. The van der Waals surface area contributed by atoms with Gasteiger partial charge < -0.3 is 9.88 Å². The quantitative estimate of drug-likeness (QED) is 0.527. The second kappa shape index (κ2) is 6.45. The van der Waals surface area contributed by atoms with Crippen LogP contribution in [-0.2, 0) is 6.42 Å². The number of aromatic nitrogens is 6. The van der Waals surface area contributed by atoms with E-state index < -0.39 is 0 Å².